The van der Waals surface area contributed by atoms with Crippen molar-refractivity contribution in [3.05, 3.63) is 35.6 Å². The van der Waals surface area contributed by atoms with Crippen molar-refractivity contribution < 1.29 is 14.3 Å². The highest BCUT2D eigenvalue weighted by molar-refractivity contribution is 5.68. The van der Waals surface area contributed by atoms with Crippen LogP contribution in [0.3, 0.4) is 0 Å². The monoisotopic (exact) mass is 197 g/mol. The molecule has 4 heteroatoms. The van der Waals surface area contributed by atoms with E-state index in [9.17, 15) is 9.18 Å². The van der Waals surface area contributed by atoms with E-state index in [4.69, 9.17) is 10.8 Å². The van der Waals surface area contributed by atoms with Gasteiger partial charge in [0.25, 0.3) is 0 Å². The van der Waals surface area contributed by atoms with Gasteiger partial charge in [0, 0.05) is 5.92 Å². The van der Waals surface area contributed by atoms with E-state index < -0.39 is 17.7 Å². The number of nitrogens with two attached hydrogens (primary N) is 1. The molecule has 0 amide bonds. The molecule has 3 N–H and O–H groups in total. The normalized spacial score (nSPS) is 12.4. The number of halogens is 1. The maximum atomic E-state index is 13.2. The molecule has 0 saturated heterocycles. The Morgan fingerprint density at radius 1 is 1.50 bits per heavy atom. The fraction of sp³-hybridized carbons (Fsp3) is 0.300. The second-order valence-electron chi connectivity index (χ2n) is 3.05. The molecule has 1 atom stereocenters. The SMILES string of the molecule is NC[C@@H](CC(=O)O)c1ccccc1F. The lowest BCUT2D eigenvalue weighted by molar-refractivity contribution is -0.137. The van der Waals surface area contributed by atoms with Crippen molar-refractivity contribution in [1.29, 1.82) is 0 Å². The number of aliphatic carboxylic acids is 1. The molecule has 1 aromatic carbocycles. The Morgan fingerprint density at radius 2 is 2.14 bits per heavy atom. The van der Waals surface area contributed by atoms with Gasteiger partial charge < -0.3 is 10.8 Å². The number of carbonyl (C=O) groups is 1. The van der Waals surface area contributed by atoms with Crippen LogP contribution in [0.4, 0.5) is 4.39 Å². The van der Waals surface area contributed by atoms with Crippen LogP contribution in [-0.2, 0) is 4.79 Å². The van der Waals surface area contributed by atoms with Crippen LogP contribution in [0.25, 0.3) is 0 Å². The standard InChI is InChI=1S/C10H12FNO2/c11-9-4-2-1-3-8(9)7(6-12)5-10(13)14/h1-4,7H,5-6,12H2,(H,13,14)/t7-/m1/s1. The first-order valence-corrected chi connectivity index (χ1v) is 4.31. The zero-order valence-electron chi connectivity index (χ0n) is 7.61. The third kappa shape index (κ3) is 2.53. The van der Waals surface area contributed by atoms with E-state index in [2.05, 4.69) is 0 Å². The van der Waals surface area contributed by atoms with E-state index in [-0.39, 0.29) is 13.0 Å². The molecule has 0 bridgehead atoms. The Hall–Kier alpha value is -1.42. The smallest absolute Gasteiger partial charge is 0.304 e. The summed E-state index contributed by atoms with van der Waals surface area (Å²) in [4.78, 5) is 10.5. The van der Waals surface area contributed by atoms with Crippen LogP contribution in [0.15, 0.2) is 24.3 Å². The second-order valence-corrected chi connectivity index (χ2v) is 3.05. The van der Waals surface area contributed by atoms with E-state index in [1.807, 2.05) is 0 Å². The molecule has 0 aromatic heterocycles. The average Bonchev–Trinajstić information content (AvgIpc) is 2.15. The fourth-order valence-electron chi connectivity index (χ4n) is 1.34. The minimum atomic E-state index is -0.969. The lowest BCUT2D eigenvalue weighted by Gasteiger charge is -2.12. The summed E-state index contributed by atoms with van der Waals surface area (Å²) in [6.45, 7) is 0.132. The third-order valence-electron chi connectivity index (χ3n) is 2.05. The van der Waals surface area contributed by atoms with Crippen LogP contribution in [0.5, 0.6) is 0 Å². The summed E-state index contributed by atoms with van der Waals surface area (Å²) in [6, 6.07) is 6.10. The van der Waals surface area contributed by atoms with Crippen molar-refractivity contribution in [2.45, 2.75) is 12.3 Å². The van der Waals surface area contributed by atoms with Crippen LogP contribution in [0.1, 0.15) is 17.9 Å². The summed E-state index contributed by atoms with van der Waals surface area (Å²) in [5, 5.41) is 8.59. The number of hydrogen-bond acceptors (Lipinski definition) is 2. The molecule has 1 rings (SSSR count). The molecule has 0 fully saturated rings. The first-order valence-electron chi connectivity index (χ1n) is 4.31. The van der Waals surface area contributed by atoms with E-state index >= 15 is 0 Å². The topological polar surface area (TPSA) is 63.3 Å². The highest BCUT2D eigenvalue weighted by atomic mass is 19.1. The van der Waals surface area contributed by atoms with Gasteiger partial charge in [-0.05, 0) is 18.2 Å². The van der Waals surface area contributed by atoms with Crippen molar-refractivity contribution in [2.75, 3.05) is 6.54 Å². The quantitative estimate of drug-likeness (QED) is 0.765. The molecule has 3 nitrogen and oxygen atoms in total. The Bertz CT molecular complexity index is 328. The van der Waals surface area contributed by atoms with Crippen LogP contribution >= 0.6 is 0 Å². The molecule has 0 unspecified atom stereocenters. The fourth-order valence-corrected chi connectivity index (χ4v) is 1.34. The first kappa shape index (κ1) is 10.7. The van der Waals surface area contributed by atoms with Gasteiger partial charge in [0.05, 0.1) is 6.42 Å². The predicted molar refractivity (Wildman–Crippen MR) is 50.4 cm³/mol. The Labute approximate surface area is 81.4 Å². The molecule has 0 aliphatic rings. The minimum absolute atomic E-state index is 0.132. The Kier molecular flexibility index (Phi) is 3.59. The number of hydrogen-bond donors (Lipinski definition) is 2. The lowest BCUT2D eigenvalue weighted by Crippen LogP contribution is -2.17. The van der Waals surface area contributed by atoms with Gasteiger partial charge in [-0.25, -0.2) is 4.39 Å². The first-order chi connectivity index (χ1) is 6.65. The van der Waals surface area contributed by atoms with E-state index in [0.29, 0.717) is 5.56 Å². The summed E-state index contributed by atoms with van der Waals surface area (Å²) in [7, 11) is 0. The highest BCUT2D eigenvalue weighted by Gasteiger charge is 2.16. The van der Waals surface area contributed by atoms with Crippen LogP contribution in [0, 0.1) is 5.82 Å². The van der Waals surface area contributed by atoms with Gasteiger partial charge in [0.2, 0.25) is 0 Å². The van der Waals surface area contributed by atoms with Crippen molar-refractivity contribution >= 4 is 5.97 Å². The van der Waals surface area contributed by atoms with Gasteiger partial charge in [-0.3, -0.25) is 4.79 Å². The zero-order valence-corrected chi connectivity index (χ0v) is 7.61. The summed E-state index contributed by atoms with van der Waals surface area (Å²) in [5.74, 6) is -1.82. The molecular formula is C10H12FNO2. The molecule has 1 aromatic rings. The zero-order chi connectivity index (χ0) is 10.6. The number of carboxylic acid groups (broad SMARTS) is 1. The van der Waals surface area contributed by atoms with Gasteiger partial charge >= 0.3 is 5.97 Å². The molecule has 0 radical (unpaired) electrons. The van der Waals surface area contributed by atoms with Crippen molar-refractivity contribution in [3.63, 3.8) is 0 Å². The maximum absolute atomic E-state index is 13.2. The Morgan fingerprint density at radius 3 is 2.64 bits per heavy atom. The van der Waals surface area contributed by atoms with Gasteiger partial charge in [0.15, 0.2) is 0 Å². The van der Waals surface area contributed by atoms with Crippen molar-refractivity contribution in [2.24, 2.45) is 5.73 Å². The lowest BCUT2D eigenvalue weighted by atomic mass is 9.95. The van der Waals surface area contributed by atoms with Gasteiger partial charge in [-0.2, -0.15) is 0 Å². The van der Waals surface area contributed by atoms with Gasteiger partial charge in [0.1, 0.15) is 5.82 Å². The number of rotatable bonds is 4. The molecular weight excluding hydrogens is 185 g/mol. The van der Waals surface area contributed by atoms with E-state index in [1.165, 1.54) is 6.07 Å². The van der Waals surface area contributed by atoms with Crippen LogP contribution in [-0.4, -0.2) is 17.6 Å². The summed E-state index contributed by atoms with van der Waals surface area (Å²) in [5.41, 5.74) is 5.76. The summed E-state index contributed by atoms with van der Waals surface area (Å²) < 4.78 is 13.2. The minimum Gasteiger partial charge on any atom is -0.481 e. The van der Waals surface area contributed by atoms with Gasteiger partial charge in [-0.1, -0.05) is 18.2 Å². The summed E-state index contributed by atoms with van der Waals surface area (Å²) >= 11 is 0. The number of benzene rings is 1. The molecule has 0 aliphatic heterocycles. The molecule has 0 heterocycles. The molecule has 0 spiro atoms. The van der Waals surface area contributed by atoms with Crippen molar-refractivity contribution in [1.82, 2.24) is 0 Å². The van der Waals surface area contributed by atoms with E-state index in [0.717, 1.165) is 0 Å². The highest BCUT2D eigenvalue weighted by Crippen LogP contribution is 2.21. The largest absolute Gasteiger partial charge is 0.481 e. The third-order valence-corrected chi connectivity index (χ3v) is 2.05. The maximum Gasteiger partial charge on any atom is 0.304 e. The molecule has 76 valence electrons. The molecule has 0 aliphatic carbocycles. The molecule has 14 heavy (non-hydrogen) atoms. The summed E-state index contributed by atoms with van der Waals surface area (Å²) in [6.07, 6.45) is -0.141. The second kappa shape index (κ2) is 4.72. The Balaban J connectivity index is 2.89. The molecule has 0 saturated carbocycles. The number of carboxylic acids is 1. The van der Waals surface area contributed by atoms with E-state index in [1.54, 1.807) is 18.2 Å². The van der Waals surface area contributed by atoms with Gasteiger partial charge in [-0.15, -0.1) is 0 Å². The van der Waals surface area contributed by atoms with Crippen molar-refractivity contribution in [3.8, 4) is 0 Å². The van der Waals surface area contributed by atoms with Crippen LogP contribution < -0.4 is 5.73 Å². The van der Waals surface area contributed by atoms with Crippen LogP contribution in [0.2, 0.25) is 0 Å². The predicted octanol–water partition coefficient (Wildman–Crippen LogP) is 1.34. The average molecular weight is 197 g/mol.